The van der Waals surface area contributed by atoms with Crippen LogP contribution in [0.2, 0.25) is 0 Å². The molecule has 0 aliphatic carbocycles. The lowest BCUT2D eigenvalue weighted by Gasteiger charge is -2.09. The predicted molar refractivity (Wildman–Crippen MR) is 86.1 cm³/mol. The quantitative estimate of drug-likeness (QED) is 0.681. The third kappa shape index (κ3) is 3.43. The number of nitrogens with one attached hydrogen (secondary N) is 1. The Kier molecular flexibility index (Phi) is 4.73. The van der Waals surface area contributed by atoms with E-state index in [1.807, 2.05) is 31.2 Å². The Labute approximate surface area is 134 Å². The molecular formula is C17H19N3O3. The molecular weight excluding hydrogens is 294 g/mol. The molecule has 120 valence electrons. The van der Waals surface area contributed by atoms with E-state index in [0.29, 0.717) is 32.1 Å². The number of furan rings is 1. The second-order valence-corrected chi connectivity index (χ2v) is 5.03. The Morgan fingerprint density at radius 3 is 2.96 bits per heavy atom. The minimum absolute atomic E-state index is 0.251. The topological polar surface area (TPSA) is 69.3 Å². The summed E-state index contributed by atoms with van der Waals surface area (Å²) in [6.07, 6.45) is 1.48. The molecule has 0 saturated heterocycles. The van der Waals surface area contributed by atoms with Crippen LogP contribution in [-0.2, 0) is 17.8 Å². The van der Waals surface area contributed by atoms with Gasteiger partial charge in [-0.3, -0.25) is 4.79 Å². The fourth-order valence-corrected chi connectivity index (χ4v) is 2.46. The molecule has 0 saturated carbocycles. The molecule has 6 nitrogen and oxygen atoms in total. The van der Waals surface area contributed by atoms with E-state index in [4.69, 9.17) is 9.15 Å². The maximum Gasteiger partial charge on any atom is 0.287 e. The van der Waals surface area contributed by atoms with Crippen LogP contribution in [0.3, 0.4) is 0 Å². The van der Waals surface area contributed by atoms with E-state index in [1.165, 1.54) is 6.26 Å². The Hall–Kier alpha value is -2.60. The molecule has 1 amide bonds. The van der Waals surface area contributed by atoms with Gasteiger partial charge in [0.2, 0.25) is 0 Å². The zero-order valence-electron chi connectivity index (χ0n) is 13.0. The number of carbonyl (C=O) groups excluding carboxylic acids is 1. The zero-order valence-corrected chi connectivity index (χ0v) is 13.0. The molecule has 0 aliphatic heterocycles. The minimum Gasteiger partial charge on any atom is -0.459 e. The van der Waals surface area contributed by atoms with E-state index in [2.05, 4.69) is 14.9 Å². The smallest absolute Gasteiger partial charge is 0.287 e. The van der Waals surface area contributed by atoms with Gasteiger partial charge in [0.15, 0.2) is 5.76 Å². The van der Waals surface area contributed by atoms with Crippen LogP contribution >= 0.6 is 0 Å². The summed E-state index contributed by atoms with van der Waals surface area (Å²) in [4.78, 5) is 16.6. The first kappa shape index (κ1) is 15.3. The maximum absolute atomic E-state index is 12.0. The highest BCUT2D eigenvalue weighted by Gasteiger charge is 2.13. The number of imidazole rings is 1. The lowest BCUT2D eigenvalue weighted by atomic mass is 10.3. The molecule has 0 unspecified atom stereocenters. The minimum atomic E-state index is -0.251. The van der Waals surface area contributed by atoms with Gasteiger partial charge in [0.1, 0.15) is 5.82 Å². The van der Waals surface area contributed by atoms with Gasteiger partial charge < -0.3 is 19.0 Å². The molecule has 1 aromatic carbocycles. The predicted octanol–water partition coefficient (Wildman–Crippen LogP) is 2.60. The average molecular weight is 313 g/mol. The third-order valence-electron chi connectivity index (χ3n) is 3.55. The fourth-order valence-electron chi connectivity index (χ4n) is 2.46. The van der Waals surface area contributed by atoms with Gasteiger partial charge in [0.05, 0.1) is 30.4 Å². The SMILES string of the molecule is CCOCCn1c(CNC(=O)c2ccco2)nc2ccccc21. The van der Waals surface area contributed by atoms with Gasteiger partial charge in [-0.05, 0) is 31.2 Å². The van der Waals surface area contributed by atoms with E-state index in [0.717, 1.165) is 16.9 Å². The molecule has 23 heavy (non-hydrogen) atoms. The van der Waals surface area contributed by atoms with Crippen LogP contribution < -0.4 is 5.32 Å². The number of aromatic nitrogens is 2. The van der Waals surface area contributed by atoms with Gasteiger partial charge in [-0.1, -0.05) is 12.1 Å². The van der Waals surface area contributed by atoms with E-state index in [9.17, 15) is 4.79 Å². The molecule has 3 rings (SSSR count). The van der Waals surface area contributed by atoms with Crippen LogP contribution in [0.4, 0.5) is 0 Å². The van der Waals surface area contributed by atoms with Crippen molar-refractivity contribution in [2.45, 2.75) is 20.0 Å². The van der Waals surface area contributed by atoms with E-state index < -0.39 is 0 Å². The number of hydrogen-bond acceptors (Lipinski definition) is 4. The fraction of sp³-hybridized carbons (Fsp3) is 0.294. The second-order valence-electron chi connectivity index (χ2n) is 5.03. The molecule has 3 aromatic rings. The summed E-state index contributed by atoms with van der Waals surface area (Å²) in [6.45, 7) is 4.28. The van der Waals surface area contributed by atoms with Gasteiger partial charge in [0, 0.05) is 13.2 Å². The van der Waals surface area contributed by atoms with Gasteiger partial charge in [-0.25, -0.2) is 4.98 Å². The molecule has 0 radical (unpaired) electrons. The van der Waals surface area contributed by atoms with Crippen molar-refractivity contribution in [3.05, 3.63) is 54.2 Å². The van der Waals surface area contributed by atoms with Gasteiger partial charge >= 0.3 is 0 Å². The number of ether oxygens (including phenoxy) is 1. The summed E-state index contributed by atoms with van der Waals surface area (Å²) in [7, 11) is 0. The number of carbonyl (C=O) groups is 1. The number of rotatable bonds is 7. The summed E-state index contributed by atoms with van der Waals surface area (Å²) in [5.41, 5.74) is 1.95. The molecule has 0 bridgehead atoms. The van der Waals surface area contributed by atoms with Crippen LogP contribution in [0.1, 0.15) is 23.3 Å². The Balaban J connectivity index is 1.78. The molecule has 1 N–H and O–H groups in total. The van der Waals surface area contributed by atoms with Gasteiger partial charge in [-0.2, -0.15) is 0 Å². The second kappa shape index (κ2) is 7.11. The van der Waals surface area contributed by atoms with Crippen molar-refractivity contribution >= 4 is 16.9 Å². The van der Waals surface area contributed by atoms with Crippen molar-refractivity contribution < 1.29 is 13.9 Å². The van der Waals surface area contributed by atoms with Crippen molar-refractivity contribution in [1.29, 1.82) is 0 Å². The van der Waals surface area contributed by atoms with E-state index in [1.54, 1.807) is 12.1 Å². The first-order valence-electron chi connectivity index (χ1n) is 7.63. The highest BCUT2D eigenvalue weighted by molar-refractivity contribution is 5.91. The Morgan fingerprint density at radius 1 is 1.30 bits per heavy atom. The molecule has 0 atom stereocenters. The van der Waals surface area contributed by atoms with Crippen LogP contribution in [0, 0.1) is 0 Å². The average Bonchev–Trinajstić information content (AvgIpc) is 3.21. The number of hydrogen-bond donors (Lipinski definition) is 1. The monoisotopic (exact) mass is 313 g/mol. The highest BCUT2D eigenvalue weighted by Crippen LogP contribution is 2.16. The zero-order chi connectivity index (χ0) is 16.1. The highest BCUT2D eigenvalue weighted by atomic mass is 16.5. The summed E-state index contributed by atoms with van der Waals surface area (Å²) < 4.78 is 12.6. The third-order valence-corrected chi connectivity index (χ3v) is 3.55. The molecule has 0 fully saturated rings. The van der Waals surface area contributed by atoms with Crippen molar-refractivity contribution in [1.82, 2.24) is 14.9 Å². The normalized spacial score (nSPS) is 11.0. The number of benzene rings is 1. The summed E-state index contributed by atoms with van der Waals surface area (Å²) >= 11 is 0. The maximum atomic E-state index is 12.0. The summed E-state index contributed by atoms with van der Waals surface area (Å²) in [5, 5.41) is 2.84. The molecule has 2 heterocycles. The van der Waals surface area contributed by atoms with Crippen LogP contribution in [0.25, 0.3) is 11.0 Å². The number of amides is 1. The first-order chi connectivity index (χ1) is 11.3. The summed E-state index contributed by atoms with van der Waals surface area (Å²) in [5.74, 6) is 0.839. The van der Waals surface area contributed by atoms with Crippen LogP contribution in [0.15, 0.2) is 47.1 Å². The molecule has 0 spiro atoms. The van der Waals surface area contributed by atoms with Crippen molar-refractivity contribution in [3.8, 4) is 0 Å². The number of fused-ring (bicyclic) bond motifs is 1. The molecule has 0 aliphatic rings. The largest absolute Gasteiger partial charge is 0.459 e. The van der Waals surface area contributed by atoms with Crippen molar-refractivity contribution in [2.24, 2.45) is 0 Å². The van der Waals surface area contributed by atoms with Crippen molar-refractivity contribution in [3.63, 3.8) is 0 Å². The summed E-state index contributed by atoms with van der Waals surface area (Å²) in [6, 6.07) is 11.2. The van der Waals surface area contributed by atoms with Gasteiger partial charge in [-0.15, -0.1) is 0 Å². The lowest BCUT2D eigenvalue weighted by molar-refractivity contribution is 0.0921. The first-order valence-corrected chi connectivity index (χ1v) is 7.63. The van der Waals surface area contributed by atoms with Gasteiger partial charge in [0.25, 0.3) is 5.91 Å². The van der Waals surface area contributed by atoms with Crippen molar-refractivity contribution in [2.75, 3.05) is 13.2 Å². The van der Waals surface area contributed by atoms with Crippen LogP contribution in [-0.4, -0.2) is 28.7 Å². The van der Waals surface area contributed by atoms with E-state index in [-0.39, 0.29) is 5.91 Å². The molecule has 6 heteroatoms. The van der Waals surface area contributed by atoms with E-state index >= 15 is 0 Å². The lowest BCUT2D eigenvalue weighted by Crippen LogP contribution is -2.24. The molecule has 2 aromatic heterocycles. The Morgan fingerprint density at radius 2 is 2.17 bits per heavy atom. The van der Waals surface area contributed by atoms with Crippen LogP contribution in [0.5, 0.6) is 0 Å². The Bertz CT molecular complexity index is 778. The number of nitrogens with zero attached hydrogens (tertiary/aromatic N) is 2. The standard InChI is InChI=1S/C17H19N3O3/c1-2-22-11-9-20-14-7-4-3-6-13(14)19-16(20)12-18-17(21)15-8-5-10-23-15/h3-8,10H,2,9,11-12H2,1H3,(H,18,21). The number of para-hydroxylation sites is 2.